The van der Waals surface area contributed by atoms with Crippen LogP contribution in [0, 0.1) is 0 Å². The van der Waals surface area contributed by atoms with E-state index in [4.69, 9.17) is 9.47 Å². The van der Waals surface area contributed by atoms with Gasteiger partial charge in [0.15, 0.2) is 12.4 Å². The predicted octanol–water partition coefficient (Wildman–Crippen LogP) is -6.31. The zero-order valence-corrected chi connectivity index (χ0v) is 24.1. The van der Waals surface area contributed by atoms with Crippen molar-refractivity contribution in [1.82, 2.24) is 15.1 Å². The van der Waals surface area contributed by atoms with Gasteiger partial charge in [-0.1, -0.05) is 0 Å². The fourth-order valence-electron chi connectivity index (χ4n) is 5.01. The van der Waals surface area contributed by atoms with Crippen molar-refractivity contribution in [1.29, 1.82) is 0 Å². The third-order valence-electron chi connectivity index (χ3n) is 7.87. The van der Waals surface area contributed by atoms with Gasteiger partial charge in [0.1, 0.15) is 42.7 Å². The lowest BCUT2D eigenvalue weighted by Crippen LogP contribution is -2.62. The molecule has 0 spiro atoms. The van der Waals surface area contributed by atoms with E-state index in [0.29, 0.717) is 32.7 Å². The summed E-state index contributed by atoms with van der Waals surface area (Å²) in [5, 5.41) is 82.3. The van der Waals surface area contributed by atoms with E-state index >= 15 is 0 Å². The van der Waals surface area contributed by atoms with Crippen molar-refractivity contribution < 1.29 is 74.2 Å². The molecule has 9 atom stereocenters. The van der Waals surface area contributed by atoms with Gasteiger partial charge in [-0.15, -0.1) is 0 Å². The third-order valence-corrected chi connectivity index (χ3v) is 7.87. The van der Waals surface area contributed by atoms with Crippen molar-refractivity contribution in [3.63, 3.8) is 0 Å². The van der Waals surface area contributed by atoms with Crippen molar-refractivity contribution in [3.8, 4) is 0 Å². The van der Waals surface area contributed by atoms with Gasteiger partial charge in [0.05, 0.1) is 13.2 Å². The zero-order chi connectivity index (χ0) is 32.7. The fraction of sp³-hybridized carbons (Fsp3) is 0.769. The Hall–Kier alpha value is -2.62. The van der Waals surface area contributed by atoms with Gasteiger partial charge in [-0.25, -0.2) is 9.59 Å². The molecule has 0 bridgehead atoms. The minimum atomic E-state index is -2.17. The molecule has 250 valence electrons. The second-order valence-corrected chi connectivity index (χ2v) is 10.8. The molecule has 0 aromatic rings. The lowest BCUT2D eigenvalue weighted by Gasteiger charge is -2.42. The molecule has 0 aromatic heterocycles. The number of aliphatic hydroxyl groups excluding tert-OH is 8. The van der Waals surface area contributed by atoms with Crippen LogP contribution in [0.25, 0.3) is 0 Å². The molecule has 0 saturated carbocycles. The fourth-order valence-corrected chi connectivity index (χ4v) is 5.01. The van der Waals surface area contributed by atoms with Crippen LogP contribution in [0.4, 0.5) is 0 Å². The number of cyclic esters (lactones) is 2. The molecular formula is C26H41N3O15. The first-order chi connectivity index (χ1) is 20.8. The molecule has 9 N–H and O–H groups in total. The SMILES string of the molecule is CC1=C(CCC(=O)N2CCN(CCNC(=O)C(O)C(O)C(O[C@@H]3O[C@H](CO)[C@H](O)[C@H](O)[C@H]3O)C(O)CO)CC2)C(=O)OC1=O. The van der Waals surface area contributed by atoms with Crippen molar-refractivity contribution >= 4 is 23.8 Å². The van der Waals surface area contributed by atoms with Gasteiger partial charge in [0.25, 0.3) is 5.91 Å². The summed E-state index contributed by atoms with van der Waals surface area (Å²) >= 11 is 0. The first-order valence-electron chi connectivity index (χ1n) is 14.2. The number of nitrogens with one attached hydrogen (secondary N) is 1. The number of ether oxygens (including phenoxy) is 3. The molecule has 18 heteroatoms. The lowest BCUT2D eigenvalue weighted by atomic mass is 9.98. The predicted molar refractivity (Wildman–Crippen MR) is 143 cm³/mol. The highest BCUT2D eigenvalue weighted by Crippen LogP contribution is 2.25. The Bertz CT molecular complexity index is 1060. The molecule has 2 amide bonds. The molecule has 4 unspecified atom stereocenters. The summed E-state index contributed by atoms with van der Waals surface area (Å²) in [6, 6.07) is 0. The number of hydrogen-bond donors (Lipinski definition) is 9. The number of amides is 2. The monoisotopic (exact) mass is 635 g/mol. The minimum absolute atomic E-state index is 0.0287. The quantitative estimate of drug-likeness (QED) is 0.0634. The molecule has 2 fully saturated rings. The molecule has 3 heterocycles. The number of nitrogens with zero attached hydrogens (tertiary/aromatic N) is 2. The summed E-state index contributed by atoms with van der Waals surface area (Å²) < 4.78 is 15.0. The van der Waals surface area contributed by atoms with Crippen LogP contribution >= 0.6 is 0 Å². The number of esters is 2. The van der Waals surface area contributed by atoms with Gasteiger partial charge in [0, 0.05) is 56.8 Å². The summed E-state index contributed by atoms with van der Waals surface area (Å²) in [4.78, 5) is 51.8. The van der Waals surface area contributed by atoms with Crippen LogP contribution in [0.15, 0.2) is 11.1 Å². The van der Waals surface area contributed by atoms with Crippen molar-refractivity contribution in [2.45, 2.75) is 74.9 Å². The van der Waals surface area contributed by atoms with Gasteiger partial charge >= 0.3 is 11.9 Å². The molecular weight excluding hydrogens is 594 g/mol. The van der Waals surface area contributed by atoms with Crippen LogP contribution in [0.1, 0.15) is 19.8 Å². The number of aliphatic hydroxyl groups is 8. The van der Waals surface area contributed by atoms with Gasteiger partial charge in [0.2, 0.25) is 5.91 Å². The van der Waals surface area contributed by atoms with E-state index in [-0.39, 0.29) is 36.4 Å². The Morgan fingerprint density at radius 1 is 1.00 bits per heavy atom. The second kappa shape index (κ2) is 16.1. The van der Waals surface area contributed by atoms with Crippen LogP contribution in [0.2, 0.25) is 0 Å². The molecule has 0 aliphatic carbocycles. The standard InChI is InChI=1S/C26H41N3O15/c1-12-13(25(41)44-24(12)40)2-3-16(33)29-8-6-28(7-9-29)5-4-27-23(39)20(37)19(36)22(14(32)10-30)43-26-21(38)18(35)17(34)15(11-31)42-26/h14-15,17-22,26,30-32,34-38H,2-11H2,1H3,(H,27,39)/t14?,15-,17+,18+,19?,20?,21-,22?,26+/m1/s1. The Kier molecular flexibility index (Phi) is 13.1. The average molecular weight is 636 g/mol. The highest BCUT2D eigenvalue weighted by molar-refractivity contribution is 6.12. The molecule has 0 radical (unpaired) electrons. The minimum Gasteiger partial charge on any atom is -0.394 e. The number of hydrogen-bond acceptors (Lipinski definition) is 16. The Morgan fingerprint density at radius 3 is 2.23 bits per heavy atom. The molecule has 2 saturated heterocycles. The molecule has 18 nitrogen and oxygen atoms in total. The summed E-state index contributed by atoms with van der Waals surface area (Å²) in [6.45, 7) is 1.74. The Labute approximate surface area is 252 Å². The van der Waals surface area contributed by atoms with Gasteiger partial charge < -0.3 is 65.3 Å². The number of piperazine rings is 1. The van der Waals surface area contributed by atoms with E-state index in [1.807, 2.05) is 4.90 Å². The molecule has 3 rings (SSSR count). The largest absolute Gasteiger partial charge is 0.394 e. The van der Waals surface area contributed by atoms with Gasteiger partial charge in [-0.3, -0.25) is 14.5 Å². The van der Waals surface area contributed by atoms with Crippen molar-refractivity contribution in [2.75, 3.05) is 52.5 Å². The van der Waals surface area contributed by atoms with Crippen LogP contribution in [0.3, 0.4) is 0 Å². The molecule has 3 aliphatic heterocycles. The highest BCUT2D eigenvalue weighted by Gasteiger charge is 2.47. The van der Waals surface area contributed by atoms with E-state index in [1.165, 1.54) is 6.92 Å². The van der Waals surface area contributed by atoms with Crippen LogP contribution in [0.5, 0.6) is 0 Å². The summed E-state index contributed by atoms with van der Waals surface area (Å²) in [5.74, 6) is -2.67. The third kappa shape index (κ3) is 8.55. The lowest BCUT2D eigenvalue weighted by molar-refractivity contribution is -0.326. The maximum atomic E-state index is 12.6. The number of carbonyl (C=O) groups excluding carboxylic acids is 4. The summed E-state index contributed by atoms with van der Waals surface area (Å²) in [7, 11) is 0. The molecule has 44 heavy (non-hydrogen) atoms. The van der Waals surface area contributed by atoms with Gasteiger partial charge in [-0.2, -0.15) is 0 Å². The van der Waals surface area contributed by atoms with Crippen molar-refractivity contribution in [2.24, 2.45) is 0 Å². The first kappa shape index (κ1) is 35.9. The maximum absolute atomic E-state index is 12.6. The van der Waals surface area contributed by atoms with Gasteiger partial charge in [-0.05, 0) is 13.3 Å². The number of carbonyl (C=O) groups is 4. The summed E-state index contributed by atoms with van der Waals surface area (Å²) in [5.41, 5.74) is 0.399. The Balaban J connectivity index is 1.44. The number of rotatable bonds is 14. The maximum Gasteiger partial charge on any atom is 0.342 e. The van der Waals surface area contributed by atoms with E-state index < -0.39 is 86.2 Å². The molecule has 3 aliphatic rings. The zero-order valence-electron chi connectivity index (χ0n) is 24.1. The van der Waals surface area contributed by atoms with Crippen LogP contribution < -0.4 is 5.32 Å². The highest BCUT2D eigenvalue weighted by atomic mass is 16.7. The Morgan fingerprint density at radius 2 is 1.66 bits per heavy atom. The topological polar surface area (TPSA) is 276 Å². The van der Waals surface area contributed by atoms with E-state index in [2.05, 4.69) is 10.1 Å². The van der Waals surface area contributed by atoms with Crippen LogP contribution in [-0.4, -0.2) is 182 Å². The first-order valence-corrected chi connectivity index (χ1v) is 14.2. The summed E-state index contributed by atoms with van der Waals surface area (Å²) in [6.07, 6.45) is -16.6. The van der Waals surface area contributed by atoms with E-state index in [9.17, 15) is 60.0 Å². The normalized spacial score (nSPS) is 29.3. The van der Waals surface area contributed by atoms with Crippen LogP contribution in [-0.2, 0) is 33.4 Å². The smallest absolute Gasteiger partial charge is 0.342 e. The van der Waals surface area contributed by atoms with E-state index in [1.54, 1.807) is 4.90 Å². The molecule has 0 aromatic carbocycles. The van der Waals surface area contributed by atoms with E-state index in [0.717, 1.165) is 0 Å². The second-order valence-electron chi connectivity index (χ2n) is 10.8. The average Bonchev–Trinajstić information content (AvgIpc) is 3.26. The van der Waals surface area contributed by atoms with Crippen molar-refractivity contribution in [3.05, 3.63) is 11.1 Å².